The van der Waals surface area contributed by atoms with Crippen LogP contribution in [0, 0.1) is 6.92 Å². The van der Waals surface area contributed by atoms with Crippen molar-refractivity contribution in [2.24, 2.45) is 0 Å². The molecule has 1 N–H and O–H groups in total. The number of hydrogen-bond acceptors (Lipinski definition) is 4. The van der Waals surface area contributed by atoms with Crippen molar-refractivity contribution in [3.8, 4) is 5.75 Å². The van der Waals surface area contributed by atoms with E-state index in [4.69, 9.17) is 4.74 Å². The van der Waals surface area contributed by atoms with Crippen LogP contribution in [0.3, 0.4) is 0 Å². The standard InChI is InChI=1S/C14H20O4/c1-8(2)11-10(12(15)14(16)18-5)7-6-9(3)13(11)17-4/h6-8,12,15H,1-5H3. The van der Waals surface area contributed by atoms with Crippen LogP contribution in [-0.2, 0) is 9.53 Å². The molecule has 1 rings (SSSR count). The SMILES string of the molecule is COC(=O)C(O)c1ccc(C)c(OC)c1C(C)C. The first-order chi connectivity index (χ1) is 8.43. The monoisotopic (exact) mass is 252 g/mol. The smallest absolute Gasteiger partial charge is 0.339 e. The molecule has 4 heteroatoms. The quantitative estimate of drug-likeness (QED) is 0.836. The zero-order chi connectivity index (χ0) is 13.9. The van der Waals surface area contributed by atoms with Crippen LogP contribution in [0.1, 0.15) is 42.6 Å². The minimum Gasteiger partial charge on any atom is -0.496 e. The number of esters is 1. The van der Waals surface area contributed by atoms with Crippen LogP contribution in [0.5, 0.6) is 5.75 Å². The molecule has 0 aromatic heterocycles. The highest BCUT2D eigenvalue weighted by Crippen LogP contribution is 2.36. The molecule has 0 spiro atoms. The molecule has 1 atom stereocenters. The van der Waals surface area contributed by atoms with Gasteiger partial charge in [-0.25, -0.2) is 4.79 Å². The van der Waals surface area contributed by atoms with Gasteiger partial charge in [0.2, 0.25) is 0 Å². The third-order valence-corrected chi connectivity index (χ3v) is 2.93. The highest BCUT2D eigenvalue weighted by Gasteiger charge is 2.25. The van der Waals surface area contributed by atoms with Gasteiger partial charge in [0, 0.05) is 5.56 Å². The molecule has 1 aromatic rings. The van der Waals surface area contributed by atoms with E-state index in [1.807, 2.05) is 26.8 Å². The molecular formula is C14H20O4. The summed E-state index contributed by atoms with van der Waals surface area (Å²) in [7, 11) is 2.84. The van der Waals surface area contributed by atoms with Gasteiger partial charge in [0.1, 0.15) is 5.75 Å². The first kappa shape index (κ1) is 14.5. The number of benzene rings is 1. The molecule has 0 saturated heterocycles. The lowest BCUT2D eigenvalue weighted by atomic mass is 9.91. The van der Waals surface area contributed by atoms with E-state index in [1.165, 1.54) is 7.11 Å². The normalized spacial score (nSPS) is 12.4. The fourth-order valence-corrected chi connectivity index (χ4v) is 2.07. The summed E-state index contributed by atoms with van der Waals surface area (Å²) in [6.07, 6.45) is -1.28. The molecule has 0 saturated carbocycles. The Balaban J connectivity index is 3.40. The first-order valence-electron chi connectivity index (χ1n) is 5.87. The largest absolute Gasteiger partial charge is 0.496 e. The fraction of sp³-hybridized carbons (Fsp3) is 0.500. The number of ether oxygens (including phenoxy) is 2. The molecule has 4 nitrogen and oxygen atoms in total. The highest BCUT2D eigenvalue weighted by molar-refractivity contribution is 5.77. The molecule has 0 heterocycles. The van der Waals surface area contributed by atoms with E-state index in [2.05, 4.69) is 4.74 Å². The van der Waals surface area contributed by atoms with Crippen LogP contribution in [0.15, 0.2) is 12.1 Å². The Labute approximate surface area is 108 Å². The Bertz CT molecular complexity index is 438. The molecule has 1 aromatic carbocycles. The average molecular weight is 252 g/mol. The Kier molecular flexibility index (Phi) is 4.73. The van der Waals surface area contributed by atoms with Gasteiger partial charge in [0.15, 0.2) is 6.10 Å². The van der Waals surface area contributed by atoms with E-state index < -0.39 is 12.1 Å². The number of aliphatic hydroxyl groups excluding tert-OH is 1. The lowest BCUT2D eigenvalue weighted by Gasteiger charge is -2.21. The lowest BCUT2D eigenvalue weighted by Crippen LogP contribution is -2.16. The van der Waals surface area contributed by atoms with Crippen molar-refractivity contribution >= 4 is 5.97 Å². The Morgan fingerprint density at radius 3 is 2.33 bits per heavy atom. The van der Waals surface area contributed by atoms with E-state index in [9.17, 15) is 9.90 Å². The van der Waals surface area contributed by atoms with Crippen molar-refractivity contribution < 1.29 is 19.4 Å². The van der Waals surface area contributed by atoms with Crippen molar-refractivity contribution in [3.63, 3.8) is 0 Å². The second kappa shape index (κ2) is 5.87. The van der Waals surface area contributed by atoms with Crippen LogP contribution < -0.4 is 4.74 Å². The van der Waals surface area contributed by atoms with Gasteiger partial charge in [-0.15, -0.1) is 0 Å². The van der Waals surface area contributed by atoms with E-state index in [-0.39, 0.29) is 5.92 Å². The van der Waals surface area contributed by atoms with Crippen molar-refractivity contribution in [2.75, 3.05) is 14.2 Å². The number of aliphatic hydroxyl groups is 1. The second-order valence-electron chi connectivity index (χ2n) is 4.50. The van der Waals surface area contributed by atoms with E-state index >= 15 is 0 Å². The Morgan fingerprint density at radius 1 is 1.28 bits per heavy atom. The van der Waals surface area contributed by atoms with Gasteiger partial charge in [0.25, 0.3) is 0 Å². The maximum absolute atomic E-state index is 11.5. The number of methoxy groups -OCH3 is 2. The third kappa shape index (κ3) is 2.64. The molecule has 0 bridgehead atoms. The number of rotatable bonds is 4. The lowest BCUT2D eigenvalue weighted by molar-refractivity contribution is -0.150. The van der Waals surface area contributed by atoms with Crippen LogP contribution in [-0.4, -0.2) is 25.3 Å². The number of carbonyl (C=O) groups excluding carboxylic acids is 1. The molecule has 0 aliphatic carbocycles. The van der Waals surface area contributed by atoms with E-state index in [0.29, 0.717) is 11.3 Å². The summed E-state index contributed by atoms with van der Waals surface area (Å²) in [6.45, 7) is 5.91. The summed E-state index contributed by atoms with van der Waals surface area (Å²) in [5, 5.41) is 10.00. The van der Waals surface area contributed by atoms with Gasteiger partial charge in [-0.2, -0.15) is 0 Å². The number of aryl methyl sites for hydroxylation is 1. The minimum absolute atomic E-state index is 0.133. The summed E-state index contributed by atoms with van der Waals surface area (Å²) in [5.74, 6) is 0.183. The second-order valence-corrected chi connectivity index (χ2v) is 4.50. The molecule has 0 aliphatic heterocycles. The van der Waals surface area contributed by atoms with E-state index in [0.717, 1.165) is 11.1 Å². The molecule has 1 unspecified atom stereocenters. The highest BCUT2D eigenvalue weighted by atomic mass is 16.5. The molecule has 0 aliphatic rings. The van der Waals surface area contributed by atoms with Crippen molar-refractivity contribution in [2.45, 2.75) is 32.8 Å². The van der Waals surface area contributed by atoms with Crippen LogP contribution in [0.2, 0.25) is 0 Å². The van der Waals surface area contributed by atoms with Crippen LogP contribution >= 0.6 is 0 Å². The summed E-state index contributed by atoms with van der Waals surface area (Å²) < 4.78 is 9.95. The van der Waals surface area contributed by atoms with Gasteiger partial charge in [0.05, 0.1) is 14.2 Å². The molecule has 0 radical (unpaired) electrons. The van der Waals surface area contributed by atoms with E-state index in [1.54, 1.807) is 13.2 Å². The zero-order valence-electron chi connectivity index (χ0n) is 11.5. The van der Waals surface area contributed by atoms with Gasteiger partial charge in [-0.05, 0) is 24.0 Å². The minimum atomic E-state index is -1.28. The fourth-order valence-electron chi connectivity index (χ4n) is 2.07. The third-order valence-electron chi connectivity index (χ3n) is 2.93. The van der Waals surface area contributed by atoms with Gasteiger partial charge >= 0.3 is 5.97 Å². The maximum Gasteiger partial charge on any atom is 0.339 e. The summed E-state index contributed by atoms with van der Waals surface area (Å²) in [5.41, 5.74) is 2.36. The van der Waals surface area contributed by atoms with Crippen molar-refractivity contribution in [1.29, 1.82) is 0 Å². The van der Waals surface area contributed by atoms with Gasteiger partial charge in [-0.3, -0.25) is 0 Å². The molecule has 0 fully saturated rings. The summed E-state index contributed by atoms with van der Waals surface area (Å²) in [6, 6.07) is 3.57. The number of carbonyl (C=O) groups is 1. The number of hydrogen-bond donors (Lipinski definition) is 1. The maximum atomic E-state index is 11.5. The van der Waals surface area contributed by atoms with Gasteiger partial charge < -0.3 is 14.6 Å². The molecule has 18 heavy (non-hydrogen) atoms. The van der Waals surface area contributed by atoms with Crippen LogP contribution in [0.4, 0.5) is 0 Å². The first-order valence-corrected chi connectivity index (χ1v) is 5.87. The van der Waals surface area contributed by atoms with Crippen molar-refractivity contribution in [1.82, 2.24) is 0 Å². The predicted molar refractivity (Wildman–Crippen MR) is 68.8 cm³/mol. The average Bonchev–Trinajstić information content (AvgIpc) is 2.36. The topological polar surface area (TPSA) is 55.8 Å². The molecule has 100 valence electrons. The van der Waals surface area contributed by atoms with Crippen LogP contribution in [0.25, 0.3) is 0 Å². The summed E-state index contributed by atoms with van der Waals surface area (Å²) >= 11 is 0. The molecule has 0 amide bonds. The predicted octanol–water partition coefficient (Wildman–Crippen LogP) is 2.33. The Morgan fingerprint density at radius 2 is 1.89 bits per heavy atom. The zero-order valence-corrected chi connectivity index (χ0v) is 11.5. The van der Waals surface area contributed by atoms with Crippen molar-refractivity contribution in [3.05, 3.63) is 28.8 Å². The molecular weight excluding hydrogens is 232 g/mol. The summed E-state index contributed by atoms with van der Waals surface area (Å²) in [4.78, 5) is 11.5. The Hall–Kier alpha value is -1.55. The van der Waals surface area contributed by atoms with Gasteiger partial charge in [-0.1, -0.05) is 26.0 Å².